The van der Waals surface area contributed by atoms with Crippen molar-refractivity contribution in [3.05, 3.63) is 63.8 Å². The first-order valence-corrected chi connectivity index (χ1v) is 7.77. The van der Waals surface area contributed by atoms with Crippen LogP contribution in [0.25, 0.3) is 10.9 Å². The van der Waals surface area contributed by atoms with Gasteiger partial charge in [0.2, 0.25) is 0 Å². The molecule has 2 aromatic carbocycles. The summed E-state index contributed by atoms with van der Waals surface area (Å²) in [5.74, 6) is 0. The van der Waals surface area contributed by atoms with Crippen LogP contribution in [0.5, 0.6) is 0 Å². The quantitative estimate of drug-likeness (QED) is 0.783. The molecule has 0 bridgehead atoms. The zero-order chi connectivity index (χ0) is 15.0. The van der Waals surface area contributed by atoms with E-state index in [0.29, 0.717) is 0 Å². The van der Waals surface area contributed by atoms with Crippen molar-refractivity contribution in [1.29, 1.82) is 0 Å². The third kappa shape index (κ3) is 2.87. The average molecular weight is 344 g/mol. The van der Waals surface area contributed by atoms with Crippen LogP contribution in [0.3, 0.4) is 0 Å². The van der Waals surface area contributed by atoms with Gasteiger partial charge in [0.1, 0.15) is 0 Å². The number of fused-ring (bicyclic) bond motifs is 1. The van der Waals surface area contributed by atoms with Gasteiger partial charge in [-0.05, 0) is 36.2 Å². The van der Waals surface area contributed by atoms with Gasteiger partial charge >= 0.3 is 0 Å². The lowest BCUT2D eigenvalue weighted by molar-refractivity contribution is 0.681. The van der Waals surface area contributed by atoms with Crippen LogP contribution in [0.2, 0.25) is 0 Å². The Bertz CT molecular complexity index is 772. The Morgan fingerprint density at radius 1 is 1.24 bits per heavy atom. The second-order valence-corrected chi connectivity index (χ2v) is 6.38. The summed E-state index contributed by atoms with van der Waals surface area (Å²) in [5, 5.41) is 5.81. The molecule has 108 valence electrons. The number of rotatable bonds is 3. The van der Waals surface area contributed by atoms with Gasteiger partial charge in [-0.1, -0.05) is 40.2 Å². The fourth-order valence-corrected chi connectivity index (χ4v) is 3.37. The lowest BCUT2D eigenvalue weighted by atomic mass is 10.00. The largest absolute Gasteiger partial charge is 0.324 e. The second kappa shape index (κ2) is 5.62. The van der Waals surface area contributed by atoms with Crippen molar-refractivity contribution in [2.24, 2.45) is 12.8 Å². The van der Waals surface area contributed by atoms with E-state index in [1.54, 1.807) is 0 Å². The monoisotopic (exact) mass is 343 g/mol. The van der Waals surface area contributed by atoms with Crippen molar-refractivity contribution in [2.75, 3.05) is 0 Å². The molecular formula is C17H18BrN3. The van der Waals surface area contributed by atoms with Gasteiger partial charge in [0.25, 0.3) is 0 Å². The van der Waals surface area contributed by atoms with E-state index in [9.17, 15) is 0 Å². The highest BCUT2D eigenvalue weighted by atomic mass is 79.9. The fraction of sp³-hybridized carbons (Fsp3) is 0.235. The van der Waals surface area contributed by atoms with Gasteiger partial charge in [0.05, 0.1) is 11.2 Å². The number of aromatic nitrogens is 2. The number of halogens is 1. The van der Waals surface area contributed by atoms with Crippen LogP contribution in [-0.2, 0) is 13.5 Å². The van der Waals surface area contributed by atoms with E-state index in [2.05, 4.69) is 58.3 Å². The molecule has 1 heterocycles. The number of para-hydroxylation sites is 1. The normalized spacial score (nSPS) is 12.8. The molecule has 3 nitrogen and oxygen atoms in total. The van der Waals surface area contributed by atoms with E-state index >= 15 is 0 Å². The summed E-state index contributed by atoms with van der Waals surface area (Å²) >= 11 is 3.54. The maximum absolute atomic E-state index is 6.39. The molecule has 0 spiro atoms. The molecular weight excluding hydrogens is 326 g/mol. The number of aryl methyl sites for hydroxylation is 2. The lowest BCUT2D eigenvalue weighted by Gasteiger charge is -2.12. The zero-order valence-corrected chi connectivity index (χ0v) is 13.8. The van der Waals surface area contributed by atoms with E-state index in [1.807, 2.05) is 23.9 Å². The lowest BCUT2D eigenvalue weighted by Crippen LogP contribution is -2.14. The molecule has 1 aromatic heterocycles. The van der Waals surface area contributed by atoms with Crippen molar-refractivity contribution < 1.29 is 0 Å². The second-order valence-electron chi connectivity index (χ2n) is 5.46. The molecule has 0 saturated carbocycles. The van der Waals surface area contributed by atoms with Crippen LogP contribution >= 0.6 is 15.9 Å². The summed E-state index contributed by atoms with van der Waals surface area (Å²) < 4.78 is 2.99. The number of hydrogen-bond donors (Lipinski definition) is 1. The van der Waals surface area contributed by atoms with Gasteiger partial charge in [0, 0.05) is 29.4 Å². The number of nitrogens with zero attached hydrogens (tertiary/aromatic N) is 2. The highest BCUT2D eigenvalue weighted by molar-refractivity contribution is 9.10. The molecule has 1 unspecified atom stereocenters. The molecule has 0 amide bonds. The first-order chi connectivity index (χ1) is 10.0. The van der Waals surface area contributed by atoms with Crippen molar-refractivity contribution in [2.45, 2.75) is 19.4 Å². The van der Waals surface area contributed by atoms with Crippen LogP contribution in [0.4, 0.5) is 0 Å². The van der Waals surface area contributed by atoms with Crippen molar-refractivity contribution in [3.8, 4) is 0 Å². The third-order valence-electron chi connectivity index (χ3n) is 3.74. The van der Waals surface area contributed by atoms with E-state index in [0.717, 1.165) is 27.7 Å². The van der Waals surface area contributed by atoms with E-state index in [4.69, 9.17) is 5.73 Å². The summed E-state index contributed by atoms with van der Waals surface area (Å²) in [6, 6.07) is 14.5. The van der Waals surface area contributed by atoms with Gasteiger partial charge in [-0.25, -0.2) is 0 Å². The van der Waals surface area contributed by atoms with E-state index in [-0.39, 0.29) is 6.04 Å². The van der Waals surface area contributed by atoms with Gasteiger partial charge in [-0.2, -0.15) is 5.10 Å². The summed E-state index contributed by atoms with van der Waals surface area (Å²) in [4.78, 5) is 0. The third-order valence-corrected chi connectivity index (χ3v) is 4.20. The van der Waals surface area contributed by atoms with Crippen LogP contribution in [0, 0.1) is 6.92 Å². The van der Waals surface area contributed by atoms with Crippen molar-refractivity contribution in [3.63, 3.8) is 0 Å². The molecule has 0 fully saturated rings. The smallest absolute Gasteiger partial charge is 0.0722 e. The molecule has 4 heteroatoms. The summed E-state index contributed by atoms with van der Waals surface area (Å²) in [5.41, 5.74) is 10.9. The molecule has 2 N–H and O–H groups in total. The summed E-state index contributed by atoms with van der Waals surface area (Å²) in [6.45, 7) is 2.08. The highest BCUT2D eigenvalue weighted by Crippen LogP contribution is 2.25. The molecule has 1 atom stereocenters. The predicted octanol–water partition coefficient (Wildman–Crippen LogP) is 3.89. The zero-order valence-electron chi connectivity index (χ0n) is 12.2. The topological polar surface area (TPSA) is 43.8 Å². The van der Waals surface area contributed by atoms with Crippen LogP contribution in [0.1, 0.15) is 22.9 Å². The van der Waals surface area contributed by atoms with Crippen molar-refractivity contribution >= 4 is 26.8 Å². The van der Waals surface area contributed by atoms with E-state index in [1.165, 1.54) is 10.9 Å². The first-order valence-electron chi connectivity index (χ1n) is 6.98. The van der Waals surface area contributed by atoms with Crippen LogP contribution in [0.15, 0.2) is 46.9 Å². The molecule has 0 radical (unpaired) electrons. The van der Waals surface area contributed by atoms with E-state index < -0.39 is 0 Å². The maximum Gasteiger partial charge on any atom is 0.0722 e. The number of nitrogens with two attached hydrogens (primary N) is 1. The standard InChI is InChI=1S/C17H18BrN3/c1-11-7-12(9-13(18)8-11)15(19)10-16-14-5-3-4-6-17(14)21(2)20-16/h3-9,15H,10,19H2,1-2H3. The average Bonchev–Trinajstić information content (AvgIpc) is 2.75. The Balaban J connectivity index is 1.94. The van der Waals surface area contributed by atoms with Gasteiger partial charge in [0.15, 0.2) is 0 Å². The Kier molecular flexibility index (Phi) is 3.83. The Hall–Kier alpha value is -1.65. The van der Waals surface area contributed by atoms with Gasteiger partial charge in [-0.3, -0.25) is 4.68 Å². The highest BCUT2D eigenvalue weighted by Gasteiger charge is 2.14. The molecule has 3 aromatic rings. The predicted molar refractivity (Wildman–Crippen MR) is 90.2 cm³/mol. The fourth-order valence-electron chi connectivity index (χ4n) is 2.74. The minimum absolute atomic E-state index is 0.0560. The molecule has 0 aliphatic rings. The van der Waals surface area contributed by atoms with Crippen molar-refractivity contribution in [1.82, 2.24) is 9.78 Å². The number of benzene rings is 2. The van der Waals surface area contributed by atoms with Gasteiger partial charge in [-0.15, -0.1) is 0 Å². The molecule has 0 aliphatic heterocycles. The minimum Gasteiger partial charge on any atom is -0.324 e. The maximum atomic E-state index is 6.39. The first kappa shape index (κ1) is 14.3. The Labute approximate surface area is 132 Å². The molecule has 0 aliphatic carbocycles. The Morgan fingerprint density at radius 2 is 2.00 bits per heavy atom. The summed E-state index contributed by atoms with van der Waals surface area (Å²) in [7, 11) is 1.97. The summed E-state index contributed by atoms with van der Waals surface area (Å²) in [6.07, 6.45) is 0.733. The molecule has 3 rings (SSSR count). The van der Waals surface area contributed by atoms with Crippen LogP contribution in [-0.4, -0.2) is 9.78 Å². The molecule has 21 heavy (non-hydrogen) atoms. The SMILES string of the molecule is Cc1cc(Br)cc(C(N)Cc2nn(C)c3ccccc23)c1. The van der Waals surface area contributed by atoms with Gasteiger partial charge < -0.3 is 5.73 Å². The minimum atomic E-state index is -0.0560. The Morgan fingerprint density at radius 3 is 2.76 bits per heavy atom. The molecule has 0 saturated heterocycles. The van der Waals surface area contributed by atoms with Crippen LogP contribution < -0.4 is 5.73 Å². The number of hydrogen-bond acceptors (Lipinski definition) is 2.